The maximum atomic E-state index is 11.6. The topological polar surface area (TPSA) is 81.4 Å². The Hall–Kier alpha value is -1.72. The summed E-state index contributed by atoms with van der Waals surface area (Å²) in [4.78, 5) is 21.4. The minimum atomic E-state index is -0.0880. The highest BCUT2D eigenvalue weighted by Gasteiger charge is 2.29. The first-order chi connectivity index (χ1) is 10.6. The molecule has 0 amide bonds. The second-order valence-electron chi connectivity index (χ2n) is 5.82. The summed E-state index contributed by atoms with van der Waals surface area (Å²) in [6.45, 7) is 2.44. The maximum absolute atomic E-state index is 11.6. The van der Waals surface area contributed by atoms with Gasteiger partial charge >= 0.3 is 5.97 Å². The standard InChI is InChI=1S/C14H19NO2.C3H5NO/c16-14(10-12-6-8-15-9-7-12)17-11-13-4-2-1-3-5-13;4-2-1-3(2)5/h1-5,12,15H,6-11H2;2H,1,4H2. The fraction of sp³-hybridized carbons (Fsp3) is 0.529. The van der Waals surface area contributed by atoms with Crippen molar-refractivity contribution in [2.24, 2.45) is 11.7 Å². The summed E-state index contributed by atoms with van der Waals surface area (Å²) < 4.78 is 5.27. The Morgan fingerprint density at radius 2 is 1.82 bits per heavy atom. The Balaban J connectivity index is 0.000000299. The predicted octanol–water partition coefficient (Wildman–Crippen LogP) is 1.41. The van der Waals surface area contributed by atoms with Gasteiger partial charge in [0, 0.05) is 12.8 Å². The van der Waals surface area contributed by atoms with Crippen LogP contribution < -0.4 is 11.1 Å². The molecule has 1 aromatic rings. The number of rotatable bonds is 4. The molecular weight excluding hydrogens is 280 g/mol. The van der Waals surface area contributed by atoms with Crippen LogP contribution in [0.1, 0.15) is 31.2 Å². The number of ketones is 1. The van der Waals surface area contributed by atoms with Crippen LogP contribution in [0.3, 0.4) is 0 Å². The second-order valence-corrected chi connectivity index (χ2v) is 5.82. The van der Waals surface area contributed by atoms with Gasteiger partial charge in [-0.2, -0.15) is 0 Å². The van der Waals surface area contributed by atoms with Crippen LogP contribution in [0.2, 0.25) is 0 Å². The Labute approximate surface area is 131 Å². The fourth-order valence-corrected chi connectivity index (χ4v) is 2.28. The lowest BCUT2D eigenvalue weighted by Crippen LogP contribution is -2.29. The van der Waals surface area contributed by atoms with E-state index in [1.165, 1.54) is 0 Å². The first-order valence-corrected chi connectivity index (χ1v) is 7.83. The average Bonchev–Trinajstić information content (AvgIpc) is 3.20. The van der Waals surface area contributed by atoms with Gasteiger partial charge in [0.2, 0.25) is 0 Å². The number of hydrogen-bond acceptors (Lipinski definition) is 5. The van der Waals surface area contributed by atoms with Crippen LogP contribution in [0.5, 0.6) is 0 Å². The van der Waals surface area contributed by atoms with Gasteiger partial charge in [-0.25, -0.2) is 0 Å². The lowest BCUT2D eigenvalue weighted by Gasteiger charge is -2.21. The summed E-state index contributed by atoms with van der Waals surface area (Å²) >= 11 is 0. The summed E-state index contributed by atoms with van der Waals surface area (Å²) in [5, 5.41) is 3.29. The number of benzene rings is 1. The Kier molecular flexibility index (Phi) is 6.55. The number of piperidine rings is 1. The molecule has 22 heavy (non-hydrogen) atoms. The van der Waals surface area contributed by atoms with Gasteiger partial charge in [0.1, 0.15) is 6.61 Å². The number of carbonyl (C=O) groups is 2. The maximum Gasteiger partial charge on any atom is 0.306 e. The Morgan fingerprint density at radius 3 is 2.36 bits per heavy atom. The molecule has 1 heterocycles. The van der Waals surface area contributed by atoms with Crippen LogP contribution in [-0.4, -0.2) is 30.9 Å². The van der Waals surface area contributed by atoms with Crippen molar-refractivity contribution in [3.63, 3.8) is 0 Å². The minimum absolute atomic E-state index is 0.0687. The molecule has 0 radical (unpaired) electrons. The molecule has 0 spiro atoms. The van der Waals surface area contributed by atoms with Crippen molar-refractivity contribution >= 4 is 11.8 Å². The number of nitrogens with two attached hydrogens (primary N) is 1. The second kappa shape index (κ2) is 8.66. The summed E-state index contributed by atoms with van der Waals surface area (Å²) in [5.41, 5.74) is 6.06. The van der Waals surface area contributed by atoms with Gasteiger partial charge in [0.15, 0.2) is 5.78 Å². The first kappa shape index (κ1) is 16.6. The number of carbonyl (C=O) groups excluding carboxylic acids is 2. The molecule has 1 aliphatic heterocycles. The van der Waals surface area contributed by atoms with Crippen LogP contribution >= 0.6 is 0 Å². The third-order valence-corrected chi connectivity index (χ3v) is 3.83. The molecule has 1 atom stereocenters. The van der Waals surface area contributed by atoms with Gasteiger partial charge in [-0.1, -0.05) is 30.3 Å². The van der Waals surface area contributed by atoms with Crippen molar-refractivity contribution in [3.8, 4) is 0 Å². The summed E-state index contributed by atoms with van der Waals surface area (Å²) in [6.07, 6.45) is 3.34. The van der Waals surface area contributed by atoms with E-state index in [1.54, 1.807) is 0 Å². The molecule has 2 fully saturated rings. The molecule has 2 aliphatic rings. The van der Waals surface area contributed by atoms with E-state index in [4.69, 9.17) is 10.5 Å². The van der Waals surface area contributed by atoms with Crippen molar-refractivity contribution in [3.05, 3.63) is 35.9 Å². The molecule has 1 saturated heterocycles. The van der Waals surface area contributed by atoms with Gasteiger partial charge in [0.05, 0.1) is 6.04 Å². The van der Waals surface area contributed by atoms with Crippen molar-refractivity contribution in [1.82, 2.24) is 5.32 Å². The average molecular weight is 304 g/mol. The molecule has 3 rings (SSSR count). The molecular formula is C17H24N2O3. The summed E-state index contributed by atoms with van der Waals surface area (Å²) in [5.74, 6) is 0.630. The fourth-order valence-electron chi connectivity index (χ4n) is 2.28. The van der Waals surface area contributed by atoms with E-state index in [-0.39, 0.29) is 17.8 Å². The molecule has 3 N–H and O–H groups in total. The largest absolute Gasteiger partial charge is 0.461 e. The third kappa shape index (κ3) is 6.37. The summed E-state index contributed by atoms with van der Waals surface area (Å²) in [6, 6.07) is 9.72. The molecule has 0 bridgehead atoms. The highest BCUT2D eigenvalue weighted by Crippen LogP contribution is 2.16. The number of esters is 1. The zero-order valence-electron chi connectivity index (χ0n) is 12.8. The van der Waals surface area contributed by atoms with E-state index in [0.29, 0.717) is 25.4 Å². The molecule has 5 heteroatoms. The van der Waals surface area contributed by atoms with Gasteiger partial charge in [-0.15, -0.1) is 0 Å². The van der Waals surface area contributed by atoms with E-state index in [1.807, 2.05) is 30.3 Å². The van der Waals surface area contributed by atoms with Crippen molar-refractivity contribution in [2.75, 3.05) is 13.1 Å². The monoisotopic (exact) mass is 304 g/mol. The number of hydrogen-bond donors (Lipinski definition) is 2. The van der Waals surface area contributed by atoms with Crippen molar-refractivity contribution < 1.29 is 14.3 Å². The summed E-state index contributed by atoms with van der Waals surface area (Å²) in [7, 11) is 0. The zero-order valence-corrected chi connectivity index (χ0v) is 12.8. The van der Waals surface area contributed by atoms with Crippen LogP contribution in [0.25, 0.3) is 0 Å². The molecule has 0 aromatic heterocycles. The first-order valence-electron chi connectivity index (χ1n) is 7.83. The van der Waals surface area contributed by atoms with Crippen LogP contribution in [0.15, 0.2) is 30.3 Å². The molecule has 5 nitrogen and oxygen atoms in total. The molecule has 1 aromatic carbocycles. The van der Waals surface area contributed by atoms with Crippen LogP contribution in [0.4, 0.5) is 0 Å². The number of ether oxygens (including phenoxy) is 1. The molecule has 120 valence electrons. The highest BCUT2D eigenvalue weighted by molar-refractivity contribution is 5.99. The smallest absolute Gasteiger partial charge is 0.306 e. The van der Waals surface area contributed by atoms with Gasteiger partial charge in [0.25, 0.3) is 0 Å². The Morgan fingerprint density at radius 1 is 1.23 bits per heavy atom. The normalized spacial score (nSPS) is 20.8. The van der Waals surface area contributed by atoms with Crippen LogP contribution in [0, 0.1) is 5.92 Å². The van der Waals surface area contributed by atoms with E-state index in [9.17, 15) is 9.59 Å². The van der Waals surface area contributed by atoms with E-state index in [2.05, 4.69) is 5.32 Å². The zero-order chi connectivity index (χ0) is 15.8. The lowest BCUT2D eigenvalue weighted by molar-refractivity contribution is -0.146. The lowest BCUT2D eigenvalue weighted by atomic mass is 9.95. The minimum Gasteiger partial charge on any atom is -0.461 e. The third-order valence-electron chi connectivity index (χ3n) is 3.83. The number of Topliss-reactive ketones (excluding diaryl/α,β-unsaturated/α-hetero) is 1. The van der Waals surface area contributed by atoms with Crippen LogP contribution in [-0.2, 0) is 20.9 Å². The SMILES string of the molecule is NC1CC1=O.O=C(CC1CCNCC1)OCc1ccccc1. The van der Waals surface area contributed by atoms with Crippen molar-refractivity contribution in [2.45, 2.75) is 38.3 Å². The van der Waals surface area contributed by atoms with Gasteiger partial charge in [-0.3, -0.25) is 9.59 Å². The van der Waals surface area contributed by atoms with Gasteiger partial charge < -0.3 is 15.8 Å². The van der Waals surface area contributed by atoms with Gasteiger partial charge in [-0.05, 0) is 37.4 Å². The van der Waals surface area contributed by atoms with E-state index >= 15 is 0 Å². The van der Waals surface area contributed by atoms with Crippen molar-refractivity contribution in [1.29, 1.82) is 0 Å². The Bertz CT molecular complexity index is 484. The number of nitrogens with one attached hydrogen (secondary N) is 1. The molecule has 1 unspecified atom stereocenters. The quantitative estimate of drug-likeness (QED) is 0.822. The van der Waals surface area contributed by atoms with E-state index in [0.717, 1.165) is 31.5 Å². The highest BCUT2D eigenvalue weighted by atomic mass is 16.5. The molecule has 1 saturated carbocycles. The predicted molar refractivity (Wildman–Crippen MR) is 84.0 cm³/mol. The van der Waals surface area contributed by atoms with E-state index < -0.39 is 0 Å². The molecule has 1 aliphatic carbocycles.